The van der Waals surface area contributed by atoms with Gasteiger partial charge in [0.1, 0.15) is 0 Å². The van der Waals surface area contributed by atoms with Crippen LogP contribution in [0.25, 0.3) is 0 Å². The summed E-state index contributed by atoms with van der Waals surface area (Å²) in [6.45, 7) is 27.2. The van der Waals surface area contributed by atoms with Crippen molar-refractivity contribution in [3.63, 3.8) is 0 Å². The summed E-state index contributed by atoms with van der Waals surface area (Å²) in [4.78, 5) is 35.5. The van der Waals surface area contributed by atoms with E-state index in [1.165, 1.54) is 13.8 Å². The average molecular weight is 597 g/mol. The maximum atomic E-state index is 11.8. The van der Waals surface area contributed by atoms with E-state index in [-0.39, 0.29) is 32.3 Å². The summed E-state index contributed by atoms with van der Waals surface area (Å²) in [5.41, 5.74) is 1.44. The Balaban J connectivity index is 0.000000803. The first-order chi connectivity index (χ1) is 17.8. The third-order valence-electron chi connectivity index (χ3n) is 7.53. The second-order valence-electron chi connectivity index (χ2n) is 16.1. The SMILES string of the molecule is CC(C)(C)c1ccc(P(O)(O)(O)c2ccc(C(C)(C)C)cc2C(C)(C)C)c(C(C)(C)C)c1.CC(C)(CO)C(O)(O)O. The fourth-order valence-corrected chi connectivity index (χ4v) is 6.81. The molecule has 0 heterocycles. The largest absolute Gasteiger partial charge is 0.395 e. The average Bonchev–Trinajstić information content (AvgIpc) is 2.75. The van der Waals surface area contributed by atoms with Crippen LogP contribution in [0.5, 0.6) is 0 Å². The molecule has 0 aliphatic heterocycles. The van der Waals surface area contributed by atoms with Crippen LogP contribution in [-0.4, -0.2) is 47.7 Å². The van der Waals surface area contributed by atoms with Gasteiger partial charge in [-0.25, -0.2) is 0 Å². The zero-order valence-electron chi connectivity index (χ0n) is 27.7. The summed E-state index contributed by atoms with van der Waals surface area (Å²) < 4.78 is 0. The predicted molar refractivity (Wildman–Crippen MR) is 171 cm³/mol. The van der Waals surface area contributed by atoms with Crippen molar-refractivity contribution in [1.82, 2.24) is 0 Å². The minimum atomic E-state index is -5.43. The molecule has 0 amide bonds. The smallest absolute Gasteiger partial charge is 0.282 e. The first-order valence-electron chi connectivity index (χ1n) is 14.1. The quantitative estimate of drug-likeness (QED) is 0.200. The van der Waals surface area contributed by atoms with Crippen molar-refractivity contribution in [2.75, 3.05) is 6.61 Å². The molecule has 236 valence electrons. The van der Waals surface area contributed by atoms with Crippen LogP contribution in [0.4, 0.5) is 0 Å². The molecule has 0 aliphatic rings. The zero-order valence-corrected chi connectivity index (χ0v) is 28.6. The van der Waals surface area contributed by atoms with Gasteiger partial charge in [0.25, 0.3) is 5.97 Å². The van der Waals surface area contributed by atoms with Crippen LogP contribution >= 0.6 is 7.28 Å². The van der Waals surface area contributed by atoms with Crippen molar-refractivity contribution in [3.05, 3.63) is 58.7 Å². The number of benzene rings is 2. The molecule has 0 saturated heterocycles. The molecule has 0 fully saturated rings. The van der Waals surface area contributed by atoms with Gasteiger partial charge in [-0.2, -0.15) is 0 Å². The van der Waals surface area contributed by atoms with Gasteiger partial charge in [-0.1, -0.05) is 0 Å². The Labute approximate surface area is 248 Å². The molecular formula is C33H57O7P. The molecule has 0 saturated carbocycles. The molecule has 2 aromatic rings. The van der Waals surface area contributed by atoms with Gasteiger partial charge in [-0.15, -0.1) is 0 Å². The van der Waals surface area contributed by atoms with E-state index < -0.39 is 25.3 Å². The van der Waals surface area contributed by atoms with Crippen LogP contribution in [0.1, 0.15) is 119 Å². The monoisotopic (exact) mass is 596 g/mol. The summed E-state index contributed by atoms with van der Waals surface area (Å²) in [6.07, 6.45) is 0. The summed E-state index contributed by atoms with van der Waals surface area (Å²) in [5.74, 6) is -2.80. The molecule has 0 aromatic heterocycles. The number of hydrogen-bond donors (Lipinski definition) is 7. The van der Waals surface area contributed by atoms with E-state index in [9.17, 15) is 14.7 Å². The Morgan fingerprint density at radius 1 is 0.512 bits per heavy atom. The first kappa shape index (κ1) is 37.6. The fourth-order valence-electron chi connectivity index (χ4n) is 4.16. The van der Waals surface area contributed by atoms with Gasteiger partial charge >= 0.3 is 196 Å². The Bertz CT molecular complexity index is 1120. The molecular weight excluding hydrogens is 539 g/mol. The number of aliphatic hydroxyl groups is 4. The molecule has 0 bridgehead atoms. The molecule has 7 N–H and O–H groups in total. The fraction of sp³-hybridized carbons (Fsp3) is 0.636. The maximum absolute atomic E-state index is 11.8. The van der Waals surface area contributed by atoms with Crippen molar-refractivity contribution < 1.29 is 35.1 Å². The van der Waals surface area contributed by atoms with Crippen LogP contribution < -0.4 is 10.6 Å². The molecule has 0 radical (unpaired) electrons. The number of hydrogen-bond acceptors (Lipinski definition) is 7. The van der Waals surface area contributed by atoms with Crippen molar-refractivity contribution in [2.24, 2.45) is 5.41 Å². The van der Waals surface area contributed by atoms with Gasteiger partial charge in [-0.3, -0.25) is 0 Å². The molecule has 0 aliphatic carbocycles. The van der Waals surface area contributed by atoms with Crippen LogP contribution in [0.3, 0.4) is 0 Å². The number of aliphatic hydroxyl groups excluding tert-OH is 1. The molecule has 0 unspecified atom stereocenters. The van der Waals surface area contributed by atoms with E-state index in [2.05, 4.69) is 41.5 Å². The van der Waals surface area contributed by atoms with Crippen LogP contribution in [0.2, 0.25) is 0 Å². The van der Waals surface area contributed by atoms with Crippen LogP contribution in [0.15, 0.2) is 36.4 Å². The van der Waals surface area contributed by atoms with E-state index in [0.717, 1.165) is 22.3 Å². The normalized spacial score (nSPS) is 15.1. The Hall–Kier alpha value is -1.41. The van der Waals surface area contributed by atoms with Crippen molar-refractivity contribution in [1.29, 1.82) is 0 Å². The Morgan fingerprint density at radius 3 is 0.976 bits per heavy atom. The molecule has 2 rings (SSSR count). The summed E-state index contributed by atoms with van der Waals surface area (Å²) >= 11 is 0. The van der Waals surface area contributed by atoms with Crippen molar-refractivity contribution in [2.45, 2.75) is 125 Å². The van der Waals surface area contributed by atoms with Crippen molar-refractivity contribution in [3.8, 4) is 0 Å². The van der Waals surface area contributed by atoms with Crippen LogP contribution in [-0.2, 0) is 21.7 Å². The van der Waals surface area contributed by atoms with Crippen LogP contribution in [0, 0.1) is 5.41 Å². The molecule has 41 heavy (non-hydrogen) atoms. The Morgan fingerprint density at radius 2 is 0.805 bits per heavy atom. The van der Waals surface area contributed by atoms with Gasteiger partial charge in [0.15, 0.2) is 0 Å². The third-order valence-corrected chi connectivity index (χ3v) is 10.1. The summed E-state index contributed by atoms with van der Waals surface area (Å²) in [5, 5.41) is 34.4. The van der Waals surface area contributed by atoms with E-state index in [1.54, 1.807) is 12.1 Å². The molecule has 7 nitrogen and oxygen atoms in total. The van der Waals surface area contributed by atoms with Gasteiger partial charge in [-0.05, 0) is 13.8 Å². The summed E-state index contributed by atoms with van der Waals surface area (Å²) in [6, 6.07) is 11.3. The molecule has 8 heteroatoms. The van der Waals surface area contributed by atoms with Crippen molar-refractivity contribution >= 4 is 17.9 Å². The topological polar surface area (TPSA) is 142 Å². The summed E-state index contributed by atoms with van der Waals surface area (Å²) in [7, 11) is -5.43. The van der Waals surface area contributed by atoms with E-state index in [4.69, 9.17) is 20.4 Å². The van der Waals surface area contributed by atoms with Gasteiger partial charge in [0.05, 0.1) is 12.0 Å². The minimum absolute atomic E-state index is 0.0970. The van der Waals surface area contributed by atoms with Gasteiger partial charge < -0.3 is 20.4 Å². The van der Waals surface area contributed by atoms with Gasteiger partial charge in [0, 0.05) is 0 Å². The zero-order chi connectivity index (χ0) is 32.9. The predicted octanol–water partition coefficient (Wildman–Crippen LogP) is 4.74. The van der Waals surface area contributed by atoms with E-state index in [0.29, 0.717) is 0 Å². The van der Waals surface area contributed by atoms with Gasteiger partial charge in [0.2, 0.25) is 0 Å². The van der Waals surface area contributed by atoms with E-state index in [1.807, 2.05) is 65.8 Å². The third kappa shape index (κ3) is 8.81. The number of rotatable bonds is 4. The minimum Gasteiger partial charge on any atom is -0.395 e. The molecule has 0 atom stereocenters. The maximum Gasteiger partial charge on any atom is 0.282 e. The molecule has 2 aromatic carbocycles. The van der Waals surface area contributed by atoms with E-state index >= 15 is 0 Å². The standard InChI is InChI=1S/C28H45O3P.C5H12O4/c1-25(2,3)19-13-15-23(21(17-19)27(7,8)9)32(29,30,31)24-16-14-20(26(4,5)6)18-22(24)28(10,11)12;1-4(2,3-6)5(7,8)9/h13-18,29-31H,1-12H3;6-9H,3H2,1-2H3. The Kier molecular flexibility index (Phi) is 10.3. The second kappa shape index (κ2) is 11.3. The second-order valence-corrected chi connectivity index (χ2v) is 19.0. The first-order valence-corrected chi connectivity index (χ1v) is 16.2. The molecule has 0 spiro atoms.